The van der Waals surface area contributed by atoms with Gasteiger partial charge in [-0.05, 0) is 50.3 Å². The molecule has 0 unspecified atom stereocenters. The van der Waals surface area contributed by atoms with E-state index in [9.17, 15) is 4.79 Å². The summed E-state index contributed by atoms with van der Waals surface area (Å²) >= 11 is 12.7. The number of hydrogen-bond acceptors (Lipinski definition) is 11. The number of nitrogens with two attached hydrogens (primary N) is 1. The predicted octanol–water partition coefficient (Wildman–Crippen LogP) is 6.59. The van der Waals surface area contributed by atoms with Crippen molar-refractivity contribution in [3.63, 3.8) is 0 Å². The van der Waals surface area contributed by atoms with E-state index in [-0.39, 0.29) is 25.5 Å². The Morgan fingerprint density at radius 3 is 2.40 bits per heavy atom. The van der Waals surface area contributed by atoms with E-state index in [1.54, 1.807) is 49.8 Å². The zero-order valence-electron chi connectivity index (χ0n) is 29.6. The molecule has 0 saturated carbocycles. The highest BCUT2D eigenvalue weighted by molar-refractivity contribution is 6.39. The van der Waals surface area contributed by atoms with Crippen molar-refractivity contribution in [2.75, 3.05) is 57.8 Å². The van der Waals surface area contributed by atoms with Crippen molar-refractivity contribution in [3.8, 4) is 22.9 Å². The third-order valence-corrected chi connectivity index (χ3v) is 9.21. The fraction of sp³-hybridized carbons (Fsp3) is 0.432. The molecule has 52 heavy (non-hydrogen) atoms. The second kappa shape index (κ2) is 19.6. The lowest BCUT2D eigenvalue weighted by Gasteiger charge is -2.26. The van der Waals surface area contributed by atoms with E-state index in [1.165, 1.54) is 30.6 Å². The molecular weight excluding hydrogens is 703 g/mol. The number of ether oxygens (including phenoxy) is 2. The molecule has 1 aromatic carbocycles. The average Bonchev–Trinajstić information content (AvgIpc) is 3.60. The minimum atomic E-state index is -0.288. The molecule has 15 heteroatoms. The van der Waals surface area contributed by atoms with Crippen LogP contribution in [-0.2, 0) is 24.9 Å². The normalized spacial score (nSPS) is 13.1. The number of fused-ring (bicyclic) bond motifs is 1. The summed E-state index contributed by atoms with van der Waals surface area (Å²) in [5.41, 5.74) is 8.28. The van der Waals surface area contributed by atoms with E-state index in [2.05, 4.69) is 55.9 Å². The Labute approximate surface area is 315 Å². The van der Waals surface area contributed by atoms with Gasteiger partial charge < -0.3 is 25.4 Å². The molecule has 0 bridgehead atoms. The van der Waals surface area contributed by atoms with Crippen LogP contribution < -0.4 is 21.3 Å². The first-order valence-electron chi connectivity index (χ1n) is 17.2. The van der Waals surface area contributed by atoms with E-state index in [4.69, 9.17) is 38.4 Å². The lowest BCUT2D eigenvalue weighted by molar-refractivity contribution is 0.0359. The summed E-state index contributed by atoms with van der Waals surface area (Å²) in [5.74, 6) is 1.07. The Bertz CT molecular complexity index is 1940. The minimum Gasteiger partial charge on any atom is -0.419 e. The number of rotatable bonds is 13. The van der Waals surface area contributed by atoms with Gasteiger partial charge in [-0.15, -0.1) is 5.10 Å². The van der Waals surface area contributed by atoms with Gasteiger partial charge >= 0.3 is 0 Å². The van der Waals surface area contributed by atoms with E-state index in [0.29, 0.717) is 55.2 Å². The van der Waals surface area contributed by atoms with Crippen molar-refractivity contribution < 1.29 is 9.47 Å². The number of morpholine rings is 1. The SMILES string of the molecule is C.CCCN(CC)CC.Cn1c(=O)c(-c2c(Cl)cccc2Cl)cc2cnc(Nc3cnc(Oc4ccn(CCN5CCOCC5)n4)c(CN)c3)nc21. The molecule has 0 spiro atoms. The number of nitrogens with zero attached hydrogens (tertiary/aromatic N) is 8. The largest absolute Gasteiger partial charge is 0.419 e. The van der Waals surface area contributed by atoms with Gasteiger partial charge in [0, 0.05) is 68.2 Å². The second-order valence-corrected chi connectivity index (χ2v) is 12.8. The summed E-state index contributed by atoms with van der Waals surface area (Å²) < 4.78 is 14.6. The highest BCUT2D eigenvalue weighted by atomic mass is 35.5. The number of aromatic nitrogens is 6. The monoisotopic (exact) mass is 752 g/mol. The van der Waals surface area contributed by atoms with Crippen LogP contribution in [0.1, 0.15) is 40.2 Å². The Kier molecular flexibility index (Phi) is 15.4. The molecule has 1 saturated heterocycles. The van der Waals surface area contributed by atoms with Crippen molar-refractivity contribution in [2.24, 2.45) is 12.8 Å². The first kappa shape index (κ1) is 40.7. The van der Waals surface area contributed by atoms with E-state index in [1.807, 2.05) is 16.9 Å². The Hall–Kier alpha value is -4.11. The highest BCUT2D eigenvalue weighted by Crippen LogP contribution is 2.34. The molecule has 5 heterocycles. The number of anilines is 2. The molecule has 4 aromatic heterocycles. The van der Waals surface area contributed by atoms with Gasteiger partial charge in [0.05, 0.1) is 47.3 Å². The molecule has 3 N–H and O–H groups in total. The van der Waals surface area contributed by atoms with Crippen LogP contribution in [0.15, 0.2) is 59.8 Å². The first-order valence-corrected chi connectivity index (χ1v) is 18.0. The Morgan fingerprint density at radius 2 is 1.75 bits per heavy atom. The van der Waals surface area contributed by atoms with Crippen LogP contribution in [0.4, 0.5) is 11.6 Å². The Morgan fingerprint density at radius 1 is 1.02 bits per heavy atom. The fourth-order valence-electron chi connectivity index (χ4n) is 5.72. The maximum atomic E-state index is 13.3. The topological polar surface area (TPSA) is 141 Å². The zero-order chi connectivity index (χ0) is 36.3. The molecule has 1 fully saturated rings. The molecule has 13 nitrogen and oxygen atoms in total. The Balaban J connectivity index is 0.000000604. The van der Waals surface area contributed by atoms with Gasteiger partial charge in [0.25, 0.3) is 5.56 Å². The minimum absolute atomic E-state index is 0. The van der Waals surface area contributed by atoms with Crippen LogP contribution in [0.25, 0.3) is 22.2 Å². The van der Waals surface area contributed by atoms with Crippen LogP contribution in [-0.4, -0.2) is 91.6 Å². The molecule has 5 aromatic rings. The highest BCUT2D eigenvalue weighted by Gasteiger charge is 2.17. The summed E-state index contributed by atoms with van der Waals surface area (Å²) in [4.78, 5) is 31.5. The maximum absolute atomic E-state index is 13.3. The van der Waals surface area contributed by atoms with Crippen molar-refractivity contribution in [2.45, 2.75) is 47.7 Å². The molecule has 0 atom stereocenters. The van der Waals surface area contributed by atoms with Gasteiger partial charge in [-0.1, -0.05) is 57.5 Å². The quantitative estimate of drug-likeness (QED) is 0.135. The first-order chi connectivity index (χ1) is 24.7. The number of aryl methyl sites for hydroxylation is 1. The third kappa shape index (κ3) is 10.3. The van der Waals surface area contributed by atoms with Gasteiger partial charge in [0.15, 0.2) is 0 Å². The molecule has 0 aliphatic carbocycles. The van der Waals surface area contributed by atoms with Gasteiger partial charge in [0.1, 0.15) is 5.65 Å². The number of pyridine rings is 2. The van der Waals surface area contributed by atoms with E-state index >= 15 is 0 Å². The van der Waals surface area contributed by atoms with Crippen molar-refractivity contribution in [1.29, 1.82) is 0 Å². The third-order valence-electron chi connectivity index (χ3n) is 8.58. The molecule has 6 rings (SSSR count). The lowest BCUT2D eigenvalue weighted by atomic mass is 10.1. The van der Waals surface area contributed by atoms with Crippen LogP contribution in [0.3, 0.4) is 0 Å². The number of benzene rings is 1. The molecule has 280 valence electrons. The van der Waals surface area contributed by atoms with Crippen molar-refractivity contribution in [3.05, 3.63) is 81.0 Å². The van der Waals surface area contributed by atoms with Crippen LogP contribution in [0.2, 0.25) is 10.0 Å². The van der Waals surface area contributed by atoms with E-state index in [0.717, 1.165) is 39.4 Å². The van der Waals surface area contributed by atoms with Crippen molar-refractivity contribution in [1.82, 2.24) is 39.1 Å². The molecule has 0 radical (unpaired) electrons. The lowest BCUT2D eigenvalue weighted by Crippen LogP contribution is -2.38. The fourth-order valence-corrected chi connectivity index (χ4v) is 6.32. The van der Waals surface area contributed by atoms with Crippen LogP contribution in [0, 0.1) is 0 Å². The standard InChI is InChI=1S/C29H29Cl2N9O3.C7H17N.CH4/c1-38-26-19(14-21(28(38)41)25-22(30)3-2-4-23(25)31)16-34-29(36-26)35-20-13-18(15-32)27(33-17-20)43-24-5-6-40(37-24)8-7-39-9-11-42-12-10-39;1-4-7-8(5-2)6-3;/h2-6,13-14,16-17H,7-12,15,32H2,1H3,(H,34,35,36);4-7H2,1-3H3;1H4. The van der Waals surface area contributed by atoms with Gasteiger partial charge in [0.2, 0.25) is 17.7 Å². The number of hydrogen-bond donors (Lipinski definition) is 2. The number of nitrogens with one attached hydrogen (secondary N) is 1. The molecule has 0 amide bonds. The van der Waals surface area contributed by atoms with Gasteiger partial charge in [-0.25, -0.2) is 9.97 Å². The summed E-state index contributed by atoms with van der Waals surface area (Å²) in [6, 6.07) is 10.4. The zero-order valence-corrected chi connectivity index (χ0v) is 31.1. The molecule has 1 aliphatic rings. The number of halogens is 2. The van der Waals surface area contributed by atoms with E-state index < -0.39 is 0 Å². The summed E-state index contributed by atoms with van der Waals surface area (Å²) in [5, 5.41) is 9.07. The summed E-state index contributed by atoms with van der Waals surface area (Å²) in [6.45, 7) is 15.5. The molecule has 1 aliphatic heterocycles. The maximum Gasteiger partial charge on any atom is 0.259 e. The van der Waals surface area contributed by atoms with Crippen LogP contribution in [0.5, 0.6) is 11.8 Å². The summed E-state index contributed by atoms with van der Waals surface area (Å²) in [7, 11) is 1.64. The smallest absolute Gasteiger partial charge is 0.259 e. The van der Waals surface area contributed by atoms with Crippen molar-refractivity contribution >= 4 is 45.9 Å². The molecular formula is C37H50Cl2N10O3. The summed E-state index contributed by atoms with van der Waals surface area (Å²) in [6.07, 6.45) is 6.38. The van der Waals surface area contributed by atoms with Gasteiger partial charge in [-0.2, -0.15) is 4.98 Å². The predicted molar refractivity (Wildman–Crippen MR) is 210 cm³/mol. The second-order valence-electron chi connectivity index (χ2n) is 12.0. The average molecular weight is 754 g/mol. The van der Waals surface area contributed by atoms with Gasteiger partial charge in [-0.3, -0.25) is 18.9 Å². The van der Waals surface area contributed by atoms with Crippen LogP contribution >= 0.6 is 23.2 Å².